The first-order chi connectivity index (χ1) is 13.7. The summed E-state index contributed by atoms with van der Waals surface area (Å²) < 4.78 is 5.66. The molecule has 28 heavy (non-hydrogen) atoms. The zero-order chi connectivity index (χ0) is 19.3. The number of aromatic nitrogens is 1. The monoisotopic (exact) mass is 374 g/mol. The highest BCUT2D eigenvalue weighted by Crippen LogP contribution is 2.27. The maximum Gasteiger partial charge on any atom is 0.253 e. The Labute approximate surface area is 166 Å². The number of hydrogen-bond donors (Lipinski definition) is 0. The molecule has 144 valence electrons. The molecule has 1 atom stereocenters. The number of hydrogen-bond acceptors (Lipinski definition) is 3. The Kier molecular flexibility index (Phi) is 5.68. The fourth-order valence-corrected chi connectivity index (χ4v) is 3.88. The molecule has 1 aliphatic heterocycles. The fourth-order valence-electron chi connectivity index (χ4n) is 3.88. The quantitative estimate of drug-likeness (QED) is 0.614. The molecule has 0 radical (unpaired) electrons. The Balaban J connectivity index is 1.42. The van der Waals surface area contributed by atoms with Crippen molar-refractivity contribution in [2.75, 3.05) is 20.2 Å². The lowest BCUT2D eigenvalue weighted by Crippen LogP contribution is -2.28. The summed E-state index contributed by atoms with van der Waals surface area (Å²) in [6.45, 7) is 1.64. The number of carbonyl (C=O) groups excluding carboxylic acids is 1. The number of ether oxygens (including phenoxy) is 1. The molecular weight excluding hydrogens is 348 g/mol. The second-order valence-corrected chi connectivity index (χ2v) is 7.46. The molecule has 2 aromatic carbocycles. The van der Waals surface area contributed by atoms with Crippen LogP contribution in [0.5, 0.6) is 0 Å². The molecule has 2 heterocycles. The summed E-state index contributed by atoms with van der Waals surface area (Å²) in [7, 11) is 1.88. The maximum absolute atomic E-state index is 12.7. The highest BCUT2D eigenvalue weighted by molar-refractivity contribution is 5.96. The van der Waals surface area contributed by atoms with E-state index < -0.39 is 0 Å². The van der Waals surface area contributed by atoms with Crippen LogP contribution in [0.3, 0.4) is 0 Å². The largest absolute Gasteiger partial charge is 0.378 e. The predicted molar refractivity (Wildman–Crippen MR) is 112 cm³/mol. The topological polar surface area (TPSA) is 42.4 Å². The van der Waals surface area contributed by atoms with Gasteiger partial charge in [0.2, 0.25) is 0 Å². The van der Waals surface area contributed by atoms with Gasteiger partial charge in [0, 0.05) is 42.9 Å². The van der Waals surface area contributed by atoms with Crippen molar-refractivity contribution in [2.45, 2.75) is 31.8 Å². The Bertz CT molecular complexity index is 941. The van der Waals surface area contributed by atoms with Crippen LogP contribution in [0.4, 0.5) is 0 Å². The molecule has 1 aromatic heterocycles. The van der Waals surface area contributed by atoms with Crippen molar-refractivity contribution < 1.29 is 9.53 Å². The van der Waals surface area contributed by atoms with Gasteiger partial charge in [-0.05, 0) is 49.4 Å². The van der Waals surface area contributed by atoms with Crippen molar-refractivity contribution in [1.29, 1.82) is 0 Å². The van der Waals surface area contributed by atoms with Crippen molar-refractivity contribution in [3.05, 3.63) is 66.4 Å². The first kappa shape index (κ1) is 18.6. The fraction of sp³-hybridized carbons (Fsp3) is 0.333. The molecule has 0 spiro atoms. The molecule has 0 aliphatic carbocycles. The normalized spacial score (nSPS) is 16.4. The highest BCUT2D eigenvalue weighted by atomic mass is 16.5. The van der Waals surface area contributed by atoms with Crippen LogP contribution in [0.1, 0.15) is 36.0 Å². The lowest BCUT2D eigenvalue weighted by Gasteiger charge is -2.18. The predicted octanol–water partition coefficient (Wildman–Crippen LogP) is 4.93. The summed E-state index contributed by atoms with van der Waals surface area (Å²) >= 11 is 0. The van der Waals surface area contributed by atoms with E-state index >= 15 is 0 Å². The van der Waals surface area contributed by atoms with Gasteiger partial charge in [-0.25, -0.2) is 0 Å². The van der Waals surface area contributed by atoms with Gasteiger partial charge in [0.25, 0.3) is 5.91 Å². The van der Waals surface area contributed by atoms with Crippen molar-refractivity contribution >= 4 is 16.8 Å². The van der Waals surface area contributed by atoms with Gasteiger partial charge in [0.1, 0.15) is 0 Å². The van der Waals surface area contributed by atoms with E-state index in [9.17, 15) is 4.79 Å². The van der Waals surface area contributed by atoms with E-state index in [1.807, 2.05) is 54.5 Å². The van der Waals surface area contributed by atoms with Crippen LogP contribution >= 0.6 is 0 Å². The minimum atomic E-state index is 0.0648. The number of carbonyl (C=O) groups is 1. The molecule has 0 bridgehead atoms. The zero-order valence-corrected chi connectivity index (χ0v) is 16.3. The van der Waals surface area contributed by atoms with Crippen molar-refractivity contribution in [3.8, 4) is 11.1 Å². The number of benzene rings is 2. The Morgan fingerprint density at radius 1 is 1.14 bits per heavy atom. The van der Waals surface area contributed by atoms with E-state index in [0.717, 1.165) is 66.4 Å². The molecule has 0 saturated carbocycles. The minimum absolute atomic E-state index is 0.0648. The second kappa shape index (κ2) is 8.53. The Hall–Kier alpha value is -2.72. The van der Waals surface area contributed by atoms with Crippen LogP contribution in [0, 0.1) is 0 Å². The molecule has 4 nitrogen and oxygen atoms in total. The summed E-state index contributed by atoms with van der Waals surface area (Å²) in [5.74, 6) is 0.0648. The molecule has 4 heteroatoms. The maximum atomic E-state index is 12.7. The van der Waals surface area contributed by atoms with Gasteiger partial charge >= 0.3 is 0 Å². The summed E-state index contributed by atoms with van der Waals surface area (Å²) in [5, 5.41) is 1.12. The molecule has 1 fully saturated rings. The molecule has 1 saturated heterocycles. The van der Waals surface area contributed by atoms with Crippen LogP contribution in [-0.4, -0.2) is 42.1 Å². The molecule has 3 aromatic rings. The van der Waals surface area contributed by atoms with Crippen molar-refractivity contribution in [2.24, 2.45) is 0 Å². The first-order valence-electron chi connectivity index (χ1n) is 10.0. The van der Waals surface area contributed by atoms with Crippen LogP contribution in [0.15, 0.2) is 60.8 Å². The number of amides is 1. The Morgan fingerprint density at radius 3 is 2.75 bits per heavy atom. The average molecular weight is 374 g/mol. The SMILES string of the molecule is CN(CCC[C@H]1CCCO1)C(=O)c1ccc(-c2cccc3cccnc23)cc1. The zero-order valence-electron chi connectivity index (χ0n) is 16.3. The molecule has 0 N–H and O–H groups in total. The number of pyridine rings is 1. The van der Waals surface area contributed by atoms with Gasteiger partial charge in [0.15, 0.2) is 0 Å². The number of fused-ring (bicyclic) bond motifs is 1. The van der Waals surface area contributed by atoms with Crippen molar-refractivity contribution in [1.82, 2.24) is 9.88 Å². The lowest BCUT2D eigenvalue weighted by molar-refractivity contribution is 0.0763. The third kappa shape index (κ3) is 4.07. The lowest BCUT2D eigenvalue weighted by atomic mass is 10.0. The van der Waals surface area contributed by atoms with E-state index in [-0.39, 0.29) is 5.91 Å². The Morgan fingerprint density at radius 2 is 1.96 bits per heavy atom. The van der Waals surface area contributed by atoms with Gasteiger partial charge in [-0.3, -0.25) is 9.78 Å². The van der Waals surface area contributed by atoms with Crippen LogP contribution in [-0.2, 0) is 4.74 Å². The van der Waals surface area contributed by atoms with E-state index in [1.165, 1.54) is 0 Å². The van der Waals surface area contributed by atoms with E-state index in [1.54, 1.807) is 0 Å². The van der Waals surface area contributed by atoms with Gasteiger partial charge in [-0.15, -0.1) is 0 Å². The van der Waals surface area contributed by atoms with E-state index in [4.69, 9.17) is 4.74 Å². The number of rotatable bonds is 6. The summed E-state index contributed by atoms with van der Waals surface area (Å²) in [5.41, 5.74) is 3.86. The van der Waals surface area contributed by atoms with Gasteiger partial charge < -0.3 is 9.64 Å². The second-order valence-electron chi connectivity index (χ2n) is 7.46. The smallest absolute Gasteiger partial charge is 0.253 e. The molecule has 1 aliphatic rings. The highest BCUT2D eigenvalue weighted by Gasteiger charge is 2.17. The van der Waals surface area contributed by atoms with Crippen LogP contribution in [0.25, 0.3) is 22.0 Å². The number of nitrogens with zero attached hydrogens (tertiary/aromatic N) is 2. The van der Waals surface area contributed by atoms with Gasteiger partial charge in [-0.1, -0.05) is 36.4 Å². The first-order valence-corrected chi connectivity index (χ1v) is 10.0. The standard InChI is InChI=1S/C24H26N2O2/c1-26(16-4-8-21-9-5-17-28-21)24(27)20-13-11-18(12-14-20)22-10-2-6-19-7-3-15-25-23(19)22/h2-3,6-7,10-15,21H,4-5,8-9,16-17H2,1H3/t21-/m0/s1. The summed E-state index contributed by atoms with van der Waals surface area (Å²) in [4.78, 5) is 19.0. The number of para-hydroxylation sites is 1. The van der Waals surface area contributed by atoms with Gasteiger partial charge in [-0.2, -0.15) is 0 Å². The third-order valence-corrected chi connectivity index (χ3v) is 5.47. The summed E-state index contributed by atoms with van der Waals surface area (Å²) in [6.07, 6.45) is 6.53. The average Bonchev–Trinajstić information content (AvgIpc) is 3.26. The van der Waals surface area contributed by atoms with E-state index in [2.05, 4.69) is 23.2 Å². The van der Waals surface area contributed by atoms with Crippen LogP contribution < -0.4 is 0 Å². The third-order valence-electron chi connectivity index (χ3n) is 5.47. The van der Waals surface area contributed by atoms with Gasteiger partial charge in [0.05, 0.1) is 11.6 Å². The molecule has 4 rings (SSSR count). The van der Waals surface area contributed by atoms with Crippen LogP contribution in [0.2, 0.25) is 0 Å². The molecule has 0 unspecified atom stereocenters. The van der Waals surface area contributed by atoms with Crippen molar-refractivity contribution in [3.63, 3.8) is 0 Å². The summed E-state index contributed by atoms with van der Waals surface area (Å²) in [6, 6.07) is 18.0. The minimum Gasteiger partial charge on any atom is -0.378 e. The van der Waals surface area contributed by atoms with E-state index in [0.29, 0.717) is 6.10 Å². The molecule has 1 amide bonds. The molecular formula is C24H26N2O2.